The number of aryl methyl sites for hydroxylation is 1. The van der Waals surface area contributed by atoms with E-state index < -0.39 is 17.7 Å². The molecule has 3 aromatic carbocycles. The van der Waals surface area contributed by atoms with Gasteiger partial charge in [0.15, 0.2) is 0 Å². The van der Waals surface area contributed by atoms with Crippen molar-refractivity contribution < 1.29 is 24.2 Å². The zero-order chi connectivity index (χ0) is 27.6. The van der Waals surface area contributed by atoms with Crippen molar-refractivity contribution in [2.75, 3.05) is 37.1 Å². The second-order valence-electron chi connectivity index (χ2n) is 8.96. The minimum Gasteiger partial charge on any atom is -0.507 e. The molecule has 7 nitrogen and oxygen atoms in total. The SMILES string of the molecule is CCN(CC)c1ccc(C2/C(=C(\O)c3cc(Cl)c(OC)cc3OC)C(=O)C(=O)N2c2cccc(C)c2)cc1. The van der Waals surface area contributed by atoms with Gasteiger partial charge in [-0.3, -0.25) is 14.5 Å². The van der Waals surface area contributed by atoms with Crippen LogP contribution < -0.4 is 19.3 Å². The molecule has 4 rings (SSSR count). The third kappa shape index (κ3) is 4.82. The van der Waals surface area contributed by atoms with Gasteiger partial charge in [0.2, 0.25) is 0 Å². The largest absolute Gasteiger partial charge is 0.507 e. The number of ketones is 1. The quantitative estimate of drug-likeness (QED) is 0.212. The lowest BCUT2D eigenvalue weighted by Crippen LogP contribution is -2.29. The van der Waals surface area contributed by atoms with E-state index in [4.69, 9.17) is 21.1 Å². The van der Waals surface area contributed by atoms with Crippen molar-refractivity contribution >= 4 is 40.4 Å². The maximum atomic E-state index is 13.5. The fraction of sp³-hybridized carbons (Fsp3) is 0.267. The number of benzene rings is 3. The summed E-state index contributed by atoms with van der Waals surface area (Å²) >= 11 is 6.36. The Morgan fingerprint density at radius 1 is 0.974 bits per heavy atom. The van der Waals surface area contributed by atoms with E-state index >= 15 is 0 Å². The standard InChI is InChI=1S/C30H31ClN2O5/c1-6-32(7-2)20-13-11-19(12-14-20)27-26(28(34)22-16-23(31)25(38-5)17-24(22)37-4)29(35)30(36)33(27)21-10-8-9-18(3)15-21/h8-17,27,34H,6-7H2,1-5H3/b28-26+. The van der Waals surface area contributed by atoms with Gasteiger partial charge < -0.3 is 19.5 Å². The number of hydrogen-bond donors (Lipinski definition) is 1. The van der Waals surface area contributed by atoms with Crippen LogP contribution in [0.25, 0.3) is 5.76 Å². The maximum absolute atomic E-state index is 13.5. The Hall–Kier alpha value is -3.97. The third-order valence-corrected chi connectivity index (χ3v) is 7.09. The molecule has 8 heteroatoms. The molecule has 0 radical (unpaired) electrons. The molecule has 1 aliphatic rings. The number of halogens is 1. The van der Waals surface area contributed by atoms with Crippen molar-refractivity contribution in [2.24, 2.45) is 0 Å². The van der Waals surface area contributed by atoms with Gasteiger partial charge in [-0.05, 0) is 62.2 Å². The number of ether oxygens (including phenoxy) is 2. The lowest BCUT2D eigenvalue weighted by atomic mass is 9.94. The first-order valence-electron chi connectivity index (χ1n) is 12.4. The van der Waals surface area contributed by atoms with Crippen molar-refractivity contribution in [2.45, 2.75) is 26.8 Å². The summed E-state index contributed by atoms with van der Waals surface area (Å²) in [5.41, 5.74) is 3.33. The zero-order valence-electron chi connectivity index (χ0n) is 22.1. The van der Waals surface area contributed by atoms with Crippen LogP contribution in [0, 0.1) is 6.92 Å². The number of rotatable bonds is 8. The molecule has 1 amide bonds. The molecule has 1 fully saturated rings. The summed E-state index contributed by atoms with van der Waals surface area (Å²) in [5.74, 6) is -1.30. The molecule has 38 heavy (non-hydrogen) atoms. The van der Waals surface area contributed by atoms with Gasteiger partial charge in [-0.2, -0.15) is 0 Å². The number of Topliss-reactive ketones (excluding diaryl/α,β-unsaturated/α-hetero) is 1. The molecular weight excluding hydrogens is 504 g/mol. The number of aliphatic hydroxyl groups is 1. The van der Waals surface area contributed by atoms with Crippen LogP contribution in [0.15, 0.2) is 66.2 Å². The molecular formula is C30H31ClN2O5. The highest BCUT2D eigenvalue weighted by Gasteiger charge is 2.47. The van der Waals surface area contributed by atoms with Gasteiger partial charge in [0, 0.05) is 30.5 Å². The molecule has 1 aliphatic heterocycles. The highest BCUT2D eigenvalue weighted by molar-refractivity contribution is 6.51. The number of anilines is 2. The number of carbonyl (C=O) groups is 2. The summed E-state index contributed by atoms with van der Waals surface area (Å²) in [5, 5.41) is 11.8. The second kappa shape index (κ2) is 11.2. The number of amides is 1. The van der Waals surface area contributed by atoms with Crippen molar-refractivity contribution in [1.82, 2.24) is 0 Å². The molecule has 3 aromatic rings. The predicted octanol–water partition coefficient (Wildman–Crippen LogP) is 6.14. The van der Waals surface area contributed by atoms with Gasteiger partial charge in [-0.25, -0.2) is 0 Å². The fourth-order valence-electron chi connectivity index (χ4n) is 4.84. The predicted molar refractivity (Wildman–Crippen MR) is 151 cm³/mol. The summed E-state index contributed by atoms with van der Waals surface area (Å²) in [7, 11) is 2.91. The topological polar surface area (TPSA) is 79.3 Å². The van der Waals surface area contributed by atoms with E-state index in [9.17, 15) is 14.7 Å². The van der Waals surface area contributed by atoms with Crippen molar-refractivity contribution in [3.63, 3.8) is 0 Å². The average molecular weight is 535 g/mol. The Kier molecular flexibility index (Phi) is 7.97. The summed E-state index contributed by atoms with van der Waals surface area (Å²) in [6.07, 6.45) is 0. The van der Waals surface area contributed by atoms with Crippen LogP contribution in [0.4, 0.5) is 11.4 Å². The normalized spacial score (nSPS) is 16.6. The van der Waals surface area contributed by atoms with Gasteiger partial charge in [0.05, 0.1) is 36.4 Å². The van der Waals surface area contributed by atoms with Crippen LogP contribution in [0.5, 0.6) is 11.5 Å². The first-order valence-corrected chi connectivity index (χ1v) is 12.8. The van der Waals surface area contributed by atoms with E-state index in [1.807, 2.05) is 49.4 Å². The van der Waals surface area contributed by atoms with Gasteiger partial charge in [-0.1, -0.05) is 35.9 Å². The minimum absolute atomic E-state index is 0.0494. The zero-order valence-corrected chi connectivity index (χ0v) is 22.9. The Labute approximate surface area is 227 Å². The molecule has 0 bridgehead atoms. The van der Waals surface area contributed by atoms with E-state index in [-0.39, 0.29) is 27.7 Å². The Balaban J connectivity index is 1.96. The highest BCUT2D eigenvalue weighted by Crippen LogP contribution is 2.45. The first-order chi connectivity index (χ1) is 18.2. The van der Waals surface area contributed by atoms with Crippen molar-refractivity contribution in [3.05, 3.63) is 87.9 Å². The van der Waals surface area contributed by atoms with Crippen molar-refractivity contribution in [3.8, 4) is 11.5 Å². The maximum Gasteiger partial charge on any atom is 0.300 e. The smallest absolute Gasteiger partial charge is 0.300 e. The molecule has 1 atom stereocenters. The molecule has 198 valence electrons. The molecule has 1 N–H and O–H groups in total. The number of methoxy groups -OCH3 is 2. The molecule has 1 saturated heterocycles. The van der Waals surface area contributed by atoms with Gasteiger partial charge in [0.1, 0.15) is 17.3 Å². The number of nitrogens with zero attached hydrogens (tertiary/aromatic N) is 2. The Bertz CT molecular complexity index is 1400. The molecule has 0 spiro atoms. The molecule has 0 saturated carbocycles. The van der Waals surface area contributed by atoms with Crippen molar-refractivity contribution in [1.29, 1.82) is 0 Å². The number of hydrogen-bond acceptors (Lipinski definition) is 6. The first kappa shape index (κ1) is 27.1. The summed E-state index contributed by atoms with van der Waals surface area (Å²) in [6, 6.07) is 17.2. The molecule has 1 unspecified atom stereocenters. The van der Waals surface area contributed by atoms with E-state index in [2.05, 4.69) is 18.7 Å². The van der Waals surface area contributed by atoms with E-state index in [1.165, 1.54) is 31.3 Å². The van der Waals surface area contributed by atoms with E-state index in [0.29, 0.717) is 17.0 Å². The van der Waals surface area contributed by atoms with Crippen LogP contribution in [0.2, 0.25) is 5.02 Å². The fourth-order valence-corrected chi connectivity index (χ4v) is 5.08. The molecule has 0 aromatic heterocycles. The molecule has 1 heterocycles. The van der Waals surface area contributed by atoms with Crippen LogP contribution in [0.3, 0.4) is 0 Å². The monoisotopic (exact) mass is 534 g/mol. The summed E-state index contributed by atoms with van der Waals surface area (Å²) in [6.45, 7) is 7.76. The summed E-state index contributed by atoms with van der Waals surface area (Å²) in [4.78, 5) is 30.6. The highest BCUT2D eigenvalue weighted by atomic mass is 35.5. The third-order valence-electron chi connectivity index (χ3n) is 6.79. The average Bonchev–Trinajstić information content (AvgIpc) is 3.19. The van der Waals surface area contributed by atoms with E-state index in [0.717, 1.165) is 24.3 Å². The second-order valence-corrected chi connectivity index (χ2v) is 9.37. The van der Waals surface area contributed by atoms with Gasteiger partial charge in [0.25, 0.3) is 11.7 Å². The van der Waals surface area contributed by atoms with Crippen LogP contribution >= 0.6 is 11.6 Å². The van der Waals surface area contributed by atoms with Gasteiger partial charge >= 0.3 is 0 Å². The Morgan fingerprint density at radius 3 is 2.21 bits per heavy atom. The summed E-state index contributed by atoms with van der Waals surface area (Å²) < 4.78 is 10.7. The van der Waals surface area contributed by atoms with Crippen LogP contribution in [0.1, 0.15) is 36.6 Å². The Morgan fingerprint density at radius 2 is 1.63 bits per heavy atom. The van der Waals surface area contributed by atoms with Crippen LogP contribution in [-0.4, -0.2) is 44.1 Å². The minimum atomic E-state index is -0.867. The van der Waals surface area contributed by atoms with Crippen LogP contribution in [-0.2, 0) is 9.59 Å². The number of carbonyl (C=O) groups excluding carboxylic acids is 2. The number of aliphatic hydroxyl groups excluding tert-OH is 1. The molecule has 0 aliphatic carbocycles. The van der Waals surface area contributed by atoms with Gasteiger partial charge in [-0.15, -0.1) is 0 Å². The van der Waals surface area contributed by atoms with E-state index in [1.54, 1.807) is 6.07 Å². The lowest BCUT2D eigenvalue weighted by molar-refractivity contribution is -0.132. The lowest BCUT2D eigenvalue weighted by Gasteiger charge is -2.27.